The summed E-state index contributed by atoms with van der Waals surface area (Å²) in [5.74, 6) is 0.463. The topological polar surface area (TPSA) is 29.5 Å². The largest absolute Gasteiger partial charge is 0.484 e. The van der Waals surface area contributed by atoms with Gasteiger partial charge in [0.15, 0.2) is 0 Å². The van der Waals surface area contributed by atoms with Crippen LogP contribution in [0.1, 0.15) is 24.2 Å². The number of fused-ring (bicyclic) bond motifs is 1. The lowest BCUT2D eigenvalue weighted by Crippen LogP contribution is -2.36. The minimum absolute atomic E-state index is 0.259. The van der Waals surface area contributed by atoms with E-state index >= 15 is 0 Å². The van der Waals surface area contributed by atoms with Crippen molar-refractivity contribution >= 4 is 0 Å². The Balaban J connectivity index is 1.88. The summed E-state index contributed by atoms with van der Waals surface area (Å²) in [6.07, 6.45) is -0.142. The average Bonchev–Trinajstić information content (AvgIpc) is 2.65. The lowest BCUT2D eigenvalue weighted by Gasteiger charge is -2.27. The maximum Gasteiger partial charge on any atom is 0.140 e. The molecule has 0 saturated heterocycles. The van der Waals surface area contributed by atoms with Crippen LogP contribution in [0.3, 0.4) is 0 Å². The molecular formula is C16H15FO2. The third-order valence-electron chi connectivity index (χ3n) is 3.60. The minimum Gasteiger partial charge on any atom is -0.484 e. The Morgan fingerprint density at radius 1 is 1.16 bits per heavy atom. The summed E-state index contributed by atoms with van der Waals surface area (Å²) >= 11 is 0. The molecule has 1 aliphatic heterocycles. The Morgan fingerprint density at radius 3 is 2.53 bits per heavy atom. The van der Waals surface area contributed by atoms with E-state index in [-0.39, 0.29) is 5.82 Å². The molecule has 98 valence electrons. The fourth-order valence-corrected chi connectivity index (χ4v) is 2.58. The van der Waals surface area contributed by atoms with Gasteiger partial charge in [-0.05, 0) is 30.7 Å². The van der Waals surface area contributed by atoms with Gasteiger partial charge in [0.05, 0.1) is 0 Å². The fraction of sp³-hybridized carbons (Fsp3) is 0.250. The lowest BCUT2D eigenvalue weighted by molar-refractivity contribution is -0.0135. The van der Waals surface area contributed by atoms with Crippen molar-refractivity contribution in [1.29, 1.82) is 0 Å². The van der Waals surface area contributed by atoms with Crippen LogP contribution in [-0.2, 0) is 6.42 Å². The number of ether oxygens (including phenoxy) is 1. The summed E-state index contributed by atoms with van der Waals surface area (Å²) in [5.41, 5.74) is 1.05. The smallest absolute Gasteiger partial charge is 0.140 e. The molecule has 0 unspecified atom stereocenters. The molecule has 0 fully saturated rings. The Labute approximate surface area is 111 Å². The summed E-state index contributed by atoms with van der Waals surface area (Å²) in [5, 5.41) is 10.4. The van der Waals surface area contributed by atoms with Crippen LogP contribution in [0.4, 0.5) is 4.39 Å². The highest BCUT2D eigenvalue weighted by Gasteiger charge is 2.43. The van der Waals surface area contributed by atoms with Crippen molar-refractivity contribution in [3.8, 4) is 5.75 Å². The van der Waals surface area contributed by atoms with Crippen molar-refractivity contribution in [1.82, 2.24) is 0 Å². The van der Waals surface area contributed by atoms with E-state index in [1.807, 2.05) is 31.2 Å². The number of halogens is 1. The molecule has 0 spiro atoms. The standard InChI is InChI=1S/C16H15FO2/c1-16(10-11-6-8-12(17)9-7-11)15(18)13-4-2-3-5-14(13)19-16/h2-9,15,18H,10H2,1H3/t15-,16-/m0/s1. The second kappa shape index (κ2) is 4.35. The van der Waals surface area contributed by atoms with Crippen LogP contribution in [0.15, 0.2) is 48.5 Å². The predicted octanol–water partition coefficient (Wildman–Crippen LogP) is 3.25. The second-order valence-electron chi connectivity index (χ2n) is 5.16. The number of hydrogen-bond donors (Lipinski definition) is 1. The van der Waals surface area contributed by atoms with Crippen LogP contribution in [0, 0.1) is 5.82 Å². The maximum absolute atomic E-state index is 12.9. The lowest BCUT2D eigenvalue weighted by atomic mass is 9.89. The quantitative estimate of drug-likeness (QED) is 0.896. The maximum atomic E-state index is 12.9. The fourth-order valence-electron chi connectivity index (χ4n) is 2.58. The van der Waals surface area contributed by atoms with Gasteiger partial charge in [0, 0.05) is 12.0 Å². The molecule has 2 aromatic carbocycles. The Kier molecular flexibility index (Phi) is 2.79. The van der Waals surface area contributed by atoms with Crippen LogP contribution in [0.25, 0.3) is 0 Å². The second-order valence-corrected chi connectivity index (χ2v) is 5.16. The molecule has 0 saturated carbocycles. The van der Waals surface area contributed by atoms with Gasteiger partial charge in [-0.2, -0.15) is 0 Å². The van der Waals surface area contributed by atoms with Crippen LogP contribution >= 0.6 is 0 Å². The summed E-state index contributed by atoms with van der Waals surface area (Å²) < 4.78 is 18.8. The Hall–Kier alpha value is -1.87. The number of benzene rings is 2. The zero-order valence-corrected chi connectivity index (χ0v) is 10.6. The Morgan fingerprint density at radius 2 is 1.84 bits per heavy atom. The zero-order chi connectivity index (χ0) is 13.5. The predicted molar refractivity (Wildman–Crippen MR) is 70.5 cm³/mol. The minimum atomic E-state index is -0.707. The summed E-state index contributed by atoms with van der Waals surface area (Å²) in [7, 11) is 0. The Bertz CT molecular complexity index is 594. The molecule has 0 aliphatic carbocycles. The van der Waals surface area contributed by atoms with Crippen LogP contribution in [0.2, 0.25) is 0 Å². The van der Waals surface area contributed by atoms with Crippen molar-refractivity contribution in [3.63, 3.8) is 0 Å². The van der Waals surface area contributed by atoms with E-state index in [1.165, 1.54) is 12.1 Å². The molecule has 0 aromatic heterocycles. The van der Waals surface area contributed by atoms with Gasteiger partial charge in [-0.25, -0.2) is 4.39 Å². The van der Waals surface area contributed by atoms with Gasteiger partial charge in [-0.1, -0.05) is 30.3 Å². The van der Waals surface area contributed by atoms with E-state index in [1.54, 1.807) is 12.1 Å². The summed E-state index contributed by atoms with van der Waals surface area (Å²) in [6, 6.07) is 13.8. The highest BCUT2D eigenvalue weighted by Crippen LogP contribution is 2.44. The van der Waals surface area contributed by atoms with Crippen molar-refractivity contribution in [2.45, 2.75) is 25.0 Å². The van der Waals surface area contributed by atoms with Gasteiger partial charge in [0.25, 0.3) is 0 Å². The number of para-hydroxylation sites is 1. The third-order valence-corrected chi connectivity index (χ3v) is 3.60. The van der Waals surface area contributed by atoms with Gasteiger partial charge >= 0.3 is 0 Å². The van der Waals surface area contributed by atoms with Crippen molar-refractivity contribution in [3.05, 3.63) is 65.5 Å². The monoisotopic (exact) mass is 258 g/mol. The highest BCUT2D eigenvalue weighted by atomic mass is 19.1. The van der Waals surface area contributed by atoms with Crippen molar-refractivity contribution in [2.24, 2.45) is 0 Å². The first-order valence-electron chi connectivity index (χ1n) is 6.29. The zero-order valence-electron chi connectivity index (χ0n) is 10.6. The number of rotatable bonds is 2. The molecule has 0 bridgehead atoms. The van der Waals surface area contributed by atoms with Crippen LogP contribution in [-0.4, -0.2) is 10.7 Å². The first-order valence-corrected chi connectivity index (χ1v) is 6.29. The molecule has 0 radical (unpaired) electrons. The van der Waals surface area contributed by atoms with E-state index in [9.17, 15) is 9.50 Å². The molecule has 2 nitrogen and oxygen atoms in total. The molecule has 3 rings (SSSR count). The molecule has 3 heteroatoms. The molecular weight excluding hydrogens is 243 g/mol. The van der Waals surface area contributed by atoms with Gasteiger partial charge in [0.2, 0.25) is 0 Å². The van der Waals surface area contributed by atoms with Crippen molar-refractivity contribution < 1.29 is 14.2 Å². The third kappa shape index (κ3) is 2.10. The SMILES string of the molecule is C[C@@]1(Cc2ccc(F)cc2)Oc2ccccc2[C@@H]1O. The number of aliphatic hydroxyl groups excluding tert-OH is 1. The van der Waals surface area contributed by atoms with Crippen LogP contribution < -0.4 is 4.74 Å². The summed E-state index contributed by atoms with van der Waals surface area (Å²) in [6.45, 7) is 1.88. The normalized spacial score (nSPS) is 24.9. The summed E-state index contributed by atoms with van der Waals surface area (Å²) in [4.78, 5) is 0. The van der Waals surface area contributed by atoms with Gasteiger partial charge in [0.1, 0.15) is 23.3 Å². The van der Waals surface area contributed by atoms with Crippen LogP contribution in [0.5, 0.6) is 5.75 Å². The van der Waals surface area contributed by atoms with E-state index in [4.69, 9.17) is 4.74 Å². The number of hydrogen-bond acceptors (Lipinski definition) is 2. The first-order chi connectivity index (χ1) is 9.08. The van der Waals surface area contributed by atoms with Gasteiger partial charge in [-0.3, -0.25) is 0 Å². The van der Waals surface area contributed by atoms with E-state index in [2.05, 4.69) is 0 Å². The van der Waals surface area contributed by atoms with Gasteiger partial charge in [-0.15, -0.1) is 0 Å². The average molecular weight is 258 g/mol. The molecule has 1 aliphatic rings. The van der Waals surface area contributed by atoms with Gasteiger partial charge < -0.3 is 9.84 Å². The van der Waals surface area contributed by atoms with Crippen molar-refractivity contribution in [2.75, 3.05) is 0 Å². The molecule has 2 atom stereocenters. The molecule has 2 aromatic rings. The molecule has 0 amide bonds. The first kappa shape index (κ1) is 12.2. The highest BCUT2D eigenvalue weighted by molar-refractivity contribution is 5.42. The molecule has 19 heavy (non-hydrogen) atoms. The van der Waals surface area contributed by atoms with E-state index in [0.29, 0.717) is 6.42 Å². The molecule has 1 heterocycles. The van der Waals surface area contributed by atoms with E-state index in [0.717, 1.165) is 16.9 Å². The molecule has 1 N–H and O–H groups in total. The van der Waals surface area contributed by atoms with E-state index < -0.39 is 11.7 Å². The number of aliphatic hydroxyl groups is 1.